The first kappa shape index (κ1) is 18.3. The fourth-order valence-electron chi connectivity index (χ4n) is 3.29. The largest absolute Gasteiger partial charge is 0.306 e. The van der Waals surface area contributed by atoms with E-state index in [1.54, 1.807) is 0 Å². The van der Waals surface area contributed by atoms with Crippen LogP contribution in [0.5, 0.6) is 0 Å². The number of anilines is 1. The Labute approximate surface area is 151 Å². The molecule has 2 aromatic carbocycles. The Morgan fingerprint density at radius 2 is 1.69 bits per heavy atom. The van der Waals surface area contributed by atoms with Crippen LogP contribution < -0.4 is 4.72 Å². The molecule has 0 atom stereocenters. The number of nitro benzene ring substituents is 1. The third-order valence-electron chi connectivity index (χ3n) is 4.66. The average Bonchev–Trinajstić information content (AvgIpc) is 2.64. The Morgan fingerprint density at radius 1 is 1.04 bits per heavy atom. The third-order valence-corrected chi connectivity index (χ3v) is 6.06. The monoisotopic (exact) mass is 378 g/mol. The zero-order chi connectivity index (χ0) is 18.7. The van der Waals surface area contributed by atoms with Crippen molar-refractivity contribution in [3.8, 4) is 0 Å². The molecule has 2 aromatic rings. The van der Waals surface area contributed by atoms with E-state index in [4.69, 9.17) is 0 Å². The van der Waals surface area contributed by atoms with Crippen LogP contribution in [0.25, 0.3) is 0 Å². The van der Waals surface area contributed by atoms with E-state index in [1.165, 1.54) is 31.4 Å². The summed E-state index contributed by atoms with van der Waals surface area (Å²) < 4.78 is 40.6. The summed E-state index contributed by atoms with van der Waals surface area (Å²) in [6.45, 7) is 0. The smallest absolute Gasteiger partial charge is 0.279 e. The Balaban J connectivity index is 1.80. The summed E-state index contributed by atoms with van der Waals surface area (Å²) in [4.78, 5) is 9.95. The number of sulfonamides is 1. The van der Waals surface area contributed by atoms with Gasteiger partial charge in [0.15, 0.2) is 0 Å². The van der Waals surface area contributed by atoms with Crippen LogP contribution in [-0.2, 0) is 10.0 Å². The summed E-state index contributed by atoms with van der Waals surface area (Å²) in [5.74, 6) is -0.553. The van der Waals surface area contributed by atoms with Crippen LogP contribution in [0.3, 0.4) is 0 Å². The molecule has 0 bridgehead atoms. The molecule has 1 N–H and O–H groups in total. The highest BCUT2D eigenvalue weighted by Crippen LogP contribution is 2.33. The maximum absolute atomic E-state index is 13.4. The van der Waals surface area contributed by atoms with Crippen molar-refractivity contribution in [3.05, 3.63) is 64.0 Å². The van der Waals surface area contributed by atoms with Gasteiger partial charge in [-0.15, -0.1) is 0 Å². The third kappa shape index (κ3) is 4.01. The fourth-order valence-corrected chi connectivity index (χ4v) is 4.33. The number of nitro groups is 1. The van der Waals surface area contributed by atoms with Crippen molar-refractivity contribution in [2.75, 3.05) is 4.72 Å². The second-order valence-corrected chi connectivity index (χ2v) is 8.12. The van der Waals surface area contributed by atoms with Gasteiger partial charge in [-0.1, -0.05) is 31.4 Å². The van der Waals surface area contributed by atoms with Crippen LogP contribution in [0.4, 0.5) is 15.8 Å². The summed E-state index contributed by atoms with van der Waals surface area (Å²) in [6, 6.07) is 9.57. The van der Waals surface area contributed by atoms with Crippen LogP contribution in [0.2, 0.25) is 0 Å². The van der Waals surface area contributed by atoms with E-state index in [0.29, 0.717) is 5.92 Å². The number of halogens is 1. The Morgan fingerprint density at radius 3 is 2.31 bits per heavy atom. The van der Waals surface area contributed by atoms with Gasteiger partial charge in [0.05, 0.1) is 15.5 Å². The predicted octanol–water partition coefficient (Wildman–Crippen LogP) is 4.58. The normalized spacial score (nSPS) is 15.6. The maximum atomic E-state index is 13.4. The van der Waals surface area contributed by atoms with E-state index in [0.717, 1.165) is 36.6 Å². The molecule has 0 amide bonds. The maximum Gasteiger partial charge on any atom is 0.306 e. The van der Waals surface area contributed by atoms with Crippen molar-refractivity contribution in [2.45, 2.75) is 42.9 Å². The van der Waals surface area contributed by atoms with Crippen LogP contribution in [-0.4, -0.2) is 13.3 Å². The van der Waals surface area contributed by atoms with Crippen LogP contribution in [0, 0.1) is 15.9 Å². The highest BCUT2D eigenvalue weighted by atomic mass is 32.2. The van der Waals surface area contributed by atoms with Gasteiger partial charge in [-0.3, -0.25) is 14.8 Å². The van der Waals surface area contributed by atoms with E-state index in [-0.39, 0.29) is 10.6 Å². The Kier molecular flexibility index (Phi) is 5.22. The Bertz CT molecular complexity index is 907. The lowest BCUT2D eigenvalue weighted by Crippen LogP contribution is -2.13. The van der Waals surface area contributed by atoms with Gasteiger partial charge in [-0.05, 0) is 48.6 Å². The van der Waals surface area contributed by atoms with Crippen LogP contribution in [0.15, 0.2) is 47.4 Å². The lowest BCUT2D eigenvalue weighted by atomic mass is 9.84. The molecule has 0 saturated heterocycles. The van der Waals surface area contributed by atoms with Gasteiger partial charge in [0.1, 0.15) is 0 Å². The molecule has 1 fully saturated rings. The van der Waals surface area contributed by atoms with Crippen molar-refractivity contribution < 1.29 is 17.7 Å². The van der Waals surface area contributed by atoms with E-state index in [2.05, 4.69) is 4.72 Å². The average molecular weight is 378 g/mol. The quantitative estimate of drug-likeness (QED) is 0.609. The van der Waals surface area contributed by atoms with Crippen LogP contribution >= 0.6 is 0 Å². The van der Waals surface area contributed by atoms with Gasteiger partial charge >= 0.3 is 5.69 Å². The van der Waals surface area contributed by atoms with Gasteiger partial charge in [-0.25, -0.2) is 8.42 Å². The summed E-state index contributed by atoms with van der Waals surface area (Å²) in [6.07, 6.45) is 5.86. The van der Waals surface area contributed by atoms with E-state index >= 15 is 0 Å². The summed E-state index contributed by atoms with van der Waals surface area (Å²) in [5.41, 5.74) is 0.286. The molecule has 0 aliphatic heterocycles. The lowest BCUT2D eigenvalue weighted by molar-refractivity contribution is -0.387. The zero-order valence-corrected chi connectivity index (χ0v) is 14.8. The van der Waals surface area contributed by atoms with Crippen molar-refractivity contribution in [1.82, 2.24) is 0 Å². The number of rotatable bonds is 5. The first-order valence-electron chi connectivity index (χ1n) is 8.43. The number of hydrogen-bond acceptors (Lipinski definition) is 4. The second kappa shape index (κ2) is 7.41. The molecular formula is C18H19FN2O4S. The molecule has 6 nitrogen and oxygen atoms in total. The first-order valence-corrected chi connectivity index (χ1v) is 9.92. The minimum Gasteiger partial charge on any atom is -0.279 e. The summed E-state index contributed by atoms with van der Waals surface area (Å²) >= 11 is 0. The number of hydrogen-bond donors (Lipinski definition) is 1. The minimum atomic E-state index is -3.91. The number of nitrogens with one attached hydrogen (secondary N) is 1. The molecule has 0 radical (unpaired) electrons. The lowest BCUT2D eigenvalue weighted by Gasteiger charge is -2.22. The SMILES string of the molecule is O=[N+]([O-])c1cc(NS(=O)(=O)c2ccc(C3CCCCC3)cc2)ccc1F. The molecule has 1 aliphatic carbocycles. The van der Waals surface area contributed by atoms with E-state index < -0.39 is 26.5 Å². The minimum absolute atomic E-state index is 0.0593. The number of nitrogens with zero attached hydrogens (tertiary/aromatic N) is 1. The van der Waals surface area contributed by atoms with Crippen molar-refractivity contribution in [1.29, 1.82) is 0 Å². The summed E-state index contributed by atoms with van der Waals surface area (Å²) in [7, 11) is -3.91. The summed E-state index contributed by atoms with van der Waals surface area (Å²) in [5, 5.41) is 10.8. The Hall–Kier alpha value is -2.48. The van der Waals surface area contributed by atoms with Gasteiger partial charge in [0, 0.05) is 6.07 Å². The second-order valence-electron chi connectivity index (χ2n) is 6.43. The highest BCUT2D eigenvalue weighted by molar-refractivity contribution is 7.92. The molecule has 0 spiro atoms. The molecular weight excluding hydrogens is 359 g/mol. The van der Waals surface area contributed by atoms with Crippen molar-refractivity contribution in [2.24, 2.45) is 0 Å². The van der Waals surface area contributed by atoms with Gasteiger partial charge < -0.3 is 0 Å². The van der Waals surface area contributed by atoms with Crippen molar-refractivity contribution >= 4 is 21.4 Å². The van der Waals surface area contributed by atoms with Gasteiger partial charge in [0.25, 0.3) is 10.0 Å². The molecule has 0 unspecified atom stereocenters. The van der Waals surface area contributed by atoms with E-state index in [1.807, 2.05) is 12.1 Å². The molecule has 8 heteroatoms. The first-order chi connectivity index (χ1) is 12.4. The van der Waals surface area contributed by atoms with Crippen molar-refractivity contribution in [3.63, 3.8) is 0 Å². The van der Waals surface area contributed by atoms with Crippen LogP contribution in [0.1, 0.15) is 43.6 Å². The highest BCUT2D eigenvalue weighted by Gasteiger charge is 2.20. The molecule has 1 aliphatic rings. The predicted molar refractivity (Wildman–Crippen MR) is 96.1 cm³/mol. The van der Waals surface area contributed by atoms with Gasteiger partial charge in [0.2, 0.25) is 5.82 Å². The van der Waals surface area contributed by atoms with E-state index in [9.17, 15) is 22.9 Å². The zero-order valence-electron chi connectivity index (χ0n) is 14.0. The molecule has 26 heavy (non-hydrogen) atoms. The number of benzene rings is 2. The van der Waals surface area contributed by atoms with Gasteiger partial charge in [-0.2, -0.15) is 4.39 Å². The fraction of sp³-hybridized carbons (Fsp3) is 0.333. The molecule has 0 aromatic heterocycles. The molecule has 1 saturated carbocycles. The topological polar surface area (TPSA) is 89.3 Å². The molecule has 138 valence electrons. The molecule has 3 rings (SSSR count). The molecule has 0 heterocycles. The standard InChI is InChI=1S/C18H19FN2O4S/c19-17-11-8-15(12-18(17)21(22)23)20-26(24,25)16-9-6-14(7-10-16)13-4-2-1-3-5-13/h6-13,20H,1-5H2.